The number of esters is 1. The van der Waals surface area contributed by atoms with E-state index < -0.39 is 0 Å². The summed E-state index contributed by atoms with van der Waals surface area (Å²) in [5.74, 6) is -0.293. The number of methoxy groups -OCH3 is 1. The first-order chi connectivity index (χ1) is 6.15. The predicted molar refractivity (Wildman–Crippen MR) is 51.0 cm³/mol. The van der Waals surface area contributed by atoms with Crippen molar-refractivity contribution in [2.45, 2.75) is 0 Å². The summed E-state index contributed by atoms with van der Waals surface area (Å²) in [5, 5.41) is 0. The van der Waals surface area contributed by atoms with E-state index in [4.69, 9.17) is 0 Å². The van der Waals surface area contributed by atoms with Gasteiger partial charge in [0.2, 0.25) is 0 Å². The highest BCUT2D eigenvalue weighted by Crippen LogP contribution is 2.19. The average Bonchev–Trinajstić information content (AvgIpc) is 2.50. The lowest BCUT2D eigenvalue weighted by Gasteiger charge is -2.08. The van der Waals surface area contributed by atoms with Crippen LogP contribution in [0.1, 0.15) is 0 Å². The van der Waals surface area contributed by atoms with Crippen LogP contribution in [0, 0.1) is 0 Å². The van der Waals surface area contributed by atoms with Gasteiger partial charge in [-0.2, -0.15) is 0 Å². The van der Waals surface area contributed by atoms with Gasteiger partial charge in [0, 0.05) is 25.9 Å². The zero-order valence-electron chi connectivity index (χ0n) is 8.07. The molecule has 0 unspecified atom stereocenters. The molecule has 0 N–H and O–H groups in total. The SMILES string of the molecule is COC(=O)C1=CC=C/C1=C\N(C)C. The van der Waals surface area contributed by atoms with Gasteiger partial charge in [0.05, 0.1) is 12.7 Å². The number of carbonyl (C=O) groups is 1. The van der Waals surface area contributed by atoms with Crippen molar-refractivity contribution in [2.75, 3.05) is 21.2 Å². The Labute approximate surface area is 78.0 Å². The minimum atomic E-state index is -0.293. The molecule has 0 amide bonds. The molecule has 1 aliphatic rings. The van der Waals surface area contributed by atoms with E-state index in [2.05, 4.69) is 4.74 Å². The van der Waals surface area contributed by atoms with Crippen LogP contribution in [0.2, 0.25) is 0 Å². The molecular formula is C10H13NO2. The van der Waals surface area contributed by atoms with Gasteiger partial charge in [-0.05, 0) is 6.08 Å². The van der Waals surface area contributed by atoms with Crippen molar-refractivity contribution in [2.24, 2.45) is 0 Å². The standard InChI is InChI=1S/C10H13NO2/c1-11(2)7-8-5-4-6-9(8)10(12)13-3/h4-7H,1-3H3/b8-7+. The van der Waals surface area contributed by atoms with E-state index in [0.717, 1.165) is 5.57 Å². The summed E-state index contributed by atoms with van der Waals surface area (Å²) in [6.45, 7) is 0. The highest BCUT2D eigenvalue weighted by atomic mass is 16.5. The molecular weight excluding hydrogens is 166 g/mol. The summed E-state index contributed by atoms with van der Waals surface area (Å²) >= 11 is 0. The third kappa shape index (κ3) is 2.21. The van der Waals surface area contributed by atoms with Crippen LogP contribution in [0.25, 0.3) is 0 Å². The van der Waals surface area contributed by atoms with Gasteiger partial charge in [0.15, 0.2) is 0 Å². The lowest BCUT2D eigenvalue weighted by Crippen LogP contribution is -2.08. The second-order valence-electron chi connectivity index (χ2n) is 2.98. The molecule has 3 nitrogen and oxygen atoms in total. The van der Waals surface area contributed by atoms with Crippen molar-refractivity contribution in [3.8, 4) is 0 Å². The molecule has 0 saturated heterocycles. The van der Waals surface area contributed by atoms with E-state index >= 15 is 0 Å². The second-order valence-corrected chi connectivity index (χ2v) is 2.98. The molecule has 0 fully saturated rings. The Bertz CT molecular complexity index is 298. The first-order valence-corrected chi connectivity index (χ1v) is 4.00. The van der Waals surface area contributed by atoms with Gasteiger partial charge >= 0.3 is 5.97 Å². The van der Waals surface area contributed by atoms with Gasteiger partial charge in [-0.3, -0.25) is 0 Å². The molecule has 0 aliphatic heterocycles. The van der Waals surface area contributed by atoms with E-state index in [1.54, 1.807) is 6.08 Å². The third-order valence-electron chi connectivity index (χ3n) is 1.65. The molecule has 70 valence electrons. The third-order valence-corrected chi connectivity index (χ3v) is 1.65. The molecule has 0 aromatic rings. The lowest BCUT2D eigenvalue weighted by molar-refractivity contribution is -0.135. The Morgan fingerprint density at radius 2 is 2.23 bits per heavy atom. The van der Waals surface area contributed by atoms with E-state index in [-0.39, 0.29) is 5.97 Å². The average molecular weight is 179 g/mol. The molecule has 0 bridgehead atoms. The van der Waals surface area contributed by atoms with Crippen LogP contribution in [0.15, 0.2) is 35.6 Å². The summed E-state index contributed by atoms with van der Waals surface area (Å²) in [4.78, 5) is 13.1. The fourth-order valence-electron chi connectivity index (χ4n) is 1.12. The zero-order valence-corrected chi connectivity index (χ0v) is 8.07. The van der Waals surface area contributed by atoms with Gasteiger partial charge in [-0.15, -0.1) is 0 Å². The molecule has 0 aromatic heterocycles. The minimum absolute atomic E-state index is 0.293. The van der Waals surface area contributed by atoms with Crippen LogP contribution in [-0.2, 0) is 9.53 Å². The first kappa shape index (κ1) is 9.58. The number of hydrogen-bond donors (Lipinski definition) is 0. The summed E-state index contributed by atoms with van der Waals surface area (Å²) < 4.78 is 4.64. The van der Waals surface area contributed by atoms with Gasteiger partial charge < -0.3 is 9.64 Å². The van der Waals surface area contributed by atoms with Crippen molar-refractivity contribution in [1.82, 2.24) is 4.90 Å². The molecule has 0 atom stereocenters. The van der Waals surface area contributed by atoms with Gasteiger partial charge in [0.25, 0.3) is 0 Å². The second kappa shape index (κ2) is 3.94. The number of rotatable bonds is 2. The molecule has 1 rings (SSSR count). The monoisotopic (exact) mass is 179 g/mol. The first-order valence-electron chi connectivity index (χ1n) is 4.00. The highest BCUT2D eigenvalue weighted by molar-refractivity contribution is 5.95. The molecule has 0 spiro atoms. The Kier molecular flexibility index (Phi) is 2.90. The van der Waals surface area contributed by atoms with Crippen molar-refractivity contribution < 1.29 is 9.53 Å². The van der Waals surface area contributed by atoms with Gasteiger partial charge in [-0.1, -0.05) is 12.2 Å². The number of nitrogens with zero attached hydrogens (tertiary/aromatic N) is 1. The Morgan fingerprint density at radius 3 is 2.77 bits per heavy atom. The van der Waals surface area contributed by atoms with Crippen molar-refractivity contribution in [3.05, 3.63) is 35.6 Å². The zero-order chi connectivity index (χ0) is 9.84. The summed E-state index contributed by atoms with van der Waals surface area (Å²) in [7, 11) is 5.21. The minimum Gasteiger partial charge on any atom is -0.465 e. The largest absolute Gasteiger partial charge is 0.465 e. The number of ether oxygens (including phenoxy) is 1. The van der Waals surface area contributed by atoms with E-state index in [1.807, 2.05) is 37.3 Å². The van der Waals surface area contributed by atoms with Gasteiger partial charge in [-0.25, -0.2) is 4.79 Å². The fraction of sp³-hybridized carbons (Fsp3) is 0.300. The van der Waals surface area contributed by atoms with E-state index in [9.17, 15) is 4.79 Å². The maximum Gasteiger partial charge on any atom is 0.338 e. The van der Waals surface area contributed by atoms with Crippen molar-refractivity contribution in [3.63, 3.8) is 0 Å². The van der Waals surface area contributed by atoms with Crippen LogP contribution in [-0.4, -0.2) is 32.1 Å². The molecule has 0 radical (unpaired) electrons. The molecule has 1 aliphatic carbocycles. The van der Waals surface area contributed by atoms with Gasteiger partial charge in [0.1, 0.15) is 0 Å². The van der Waals surface area contributed by atoms with Crippen LogP contribution in [0.3, 0.4) is 0 Å². The van der Waals surface area contributed by atoms with Crippen LogP contribution in [0.5, 0.6) is 0 Å². The quantitative estimate of drug-likeness (QED) is 0.594. The maximum absolute atomic E-state index is 11.2. The highest BCUT2D eigenvalue weighted by Gasteiger charge is 2.15. The summed E-state index contributed by atoms with van der Waals surface area (Å²) in [6.07, 6.45) is 7.35. The normalized spacial score (nSPS) is 17.5. The molecule has 0 aromatic carbocycles. The smallest absolute Gasteiger partial charge is 0.338 e. The van der Waals surface area contributed by atoms with Crippen molar-refractivity contribution >= 4 is 5.97 Å². The lowest BCUT2D eigenvalue weighted by atomic mass is 10.1. The molecule has 0 heterocycles. The molecule has 3 heteroatoms. The Hall–Kier alpha value is -1.51. The molecule has 0 saturated carbocycles. The van der Waals surface area contributed by atoms with Crippen molar-refractivity contribution in [1.29, 1.82) is 0 Å². The van der Waals surface area contributed by atoms with Crippen LogP contribution >= 0.6 is 0 Å². The molecule has 13 heavy (non-hydrogen) atoms. The maximum atomic E-state index is 11.2. The number of carbonyl (C=O) groups excluding carboxylic acids is 1. The Balaban J connectivity index is 2.84. The Morgan fingerprint density at radius 1 is 1.54 bits per heavy atom. The van der Waals surface area contributed by atoms with Crippen LogP contribution in [0.4, 0.5) is 0 Å². The fourth-order valence-corrected chi connectivity index (χ4v) is 1.12. The summed E-state index contributed by atoms with van der Waals surface area (Å²) in [6, 6.07) is 0. The van der Waals surface area contributed by atoms with E-state index in [1.165, 1.54) is 7.11 Å². The van der Waals surface area contributed by atoms with E-state index in [0.29, 0.717) is 5.57 Å². The summed E-state index contributed by atoms with van der Waals surface area (Å²) in [5.41, 5.74) is 1.49. The predicted octanol–water partition coefficient (Wildman–Crippen LogP) is 1.10. The number of hydrogen-bond acceptors (Lipinski definition) is 3. The van der Waals surface area contributed by atoms with Crippen LogP contribution < -0.4 is 0 Å². The number of allylic oxidation sites excluding steroid dienone is 3. The topological polar surface area (TPSA) is 29.5 Å².